The van der Waals surface area contributed by atoms with Crippen molar-refractivity contribution < 1.29 is 13.6 Å². The highest BCUT2D eigenvalue weighted by molar-refractivity contribution is 5.76. The van der Waals surface area contributed by atoms with Crippen LogP contribution in [-0.2, 0) is 0 Å². The Balaban J connectivity index is 1.96. The summed E-state index contributed by atoms with van der Waals surface area (Å²) >= 11 is 0. The zero-order valence-corrected chi connectivity index (χ0v) is 11.4. The maximum absolute atomic E-state index is 14.2. The molecule has 1 saturated heterocycles. The Bertz CT molecular complexity index is 492. The van der Waals surface area contributed by atoms with Crippen molar-refractivity contribution in [2.75, 3.05) is 11.4 Å². The molecular formula is C16H19F2NO. The summed E-state index contributed by atoms with van der Waals surface area (Å²) in [7, 11) is 0. The molecule has 2 fully saturated rings. The topological polar surface area (TPSA) is 20.3 Å². The number of fused-ring (bicyclic) bond motifs is 1. The number of halogens is 2. The molecule has 0 N–H and O–H groups in total. The van der Waals surface area contributed by atoms with E-state index in [4.69, 9.17) is 0 Å². The van der Waals surface area contributed by atoms with Crippen LogP contribution in [0.1, 0.15) is 48.9 Å². The largest absolute Gasteiger partial charge is 0.364 e. The predicted octanol–water partition coefficient (Wildman–Crippen LogP) is 3.94. The number of carbonyl (C=O) groups is 1. The number of piperidine rings is 1. The van der Waals surface area contributed by atoms with Gasteiger partial charge in [-0.3, -0.25) is 4.79 Å². The summed E-state index contributed by atoms with van der Waals surface area (Å²) in [4.78, 5) is 12.6. The van der Waals surface area contributed by atoms with Gasteiger partial charge in [0.1, 0.15) is 23.6 Å². The first-order chi connectivity index (χ1) is 9.70. The second kappa shape index (κ2) is 5.51. The smallest absolute Gasteiger partial charge is 0.150 e. The summed E-state index contributed by atoms with van der Waals surface area (Å²) in [6, 6.07) is 2.53. The molecule has 0 bridgehead atoms. The van der Waals surface area contributed by atoms with Crippen molar-refractivity contribution >= 4 is 12.0 Å². The van der Waals surface area contributed by atoms with E-state index in [1.54, 1.807) is 0 Å². The number of hydrogen-bond acceptors (Lipinski definition) is 2. The molecule has 1 heterocycles. The Labute approximate surface area is 117 Å². The van der Waals surface area contributed by atoms with Gasteiger partial charge in [0.15, 0.2) is 0 Å². The molecule has 2 aliphatic rings. The highest BCUT2D eigenvalue weighted by atomic mass is 19.1. The molecule has 2 unspecified atom stereocenters. The van der Waals surface area contributed by atoms with Crippen LogP contribution in [0.2, 0.25) is 0 Å². The molecule has 1 saturated carbocycles. The van der Waals surface area contributed by atoms with E-state index in [1.165, 1.54) is 6.42 Å². The fourth-order valence-electron chi connectivity index (χ4n) is 3.83. The first-order valence-corrected chi connectivity index (χ1v) is 7.41. The fourth-order valence-corrected chi connectivity index (χ4v) is 3.83. The summed E-state index contributed by atoms with van der Waals surface area (Å²) in [5.74, 6) is -0.668. The molecule has 4 heteroatoms. The van der Waals surface area contributed by atoms with Crippen LogP contribution >= 0.6 is 0 Å². The molecule has 108 valence electrons. The predicted molar refractivity (Wildman–Crippen MR) is 74.1 cm³/mol. The van der Waals surface area contributed by atoms with Crippen molar-refractivity contribution in [3.63, 3.8) is 0 Å². The third-order valence-corrected chi connectivity index (χ3v) is 4.71. The van der Waals surface area contributed by atoms with Gasteiger partial charge in [0.2, 0.25) is 0 Å². The van der Waals surface area contributed by atoms with Gasteiger partial charge in [0.05, 0.1) is 0 Å². The van der Waals surface area contributed by atoms with Crippen LogP contribution in [-0.4, -0.2) is 18.9 Å². The summed E-state index contributed by atoms with van der Waals surface area (Å²) in [5.41, 5.74) is 0.119. The van der Waals surface area contributed by atoms with Gasteiger partial charge in [-0.2, -0.15) is 0 Å². The second-order valence-electron chi connectivity index (χ2n) is 5.90. The Hall–Kier alpha value is -1.45. The third kappa shape index (κ3) is 2.32. The van der Waals surface area contributed by atoms with E-state index >= 15 is 0 Å². The van der Waals surface area contributed by atoms with Crippen LogP contribution in [0.4, 0.5) is 14.5 Å². The minimum atomic E-state index is -0.613. The summed E-state index contributed by atoms with van der Waals surface area (Å²) in [5, 5.41) is 0. The van der Waals surface area contributed by atoms with Crippen LogP contribution in [0, 0.1) is 17.6 Å². The molecule has 1 aromatic rings. The molecule has 1 aromatic carbocycles. The number of rotatable bonds is 2. The molecule has 1 aliphatic carbocycles. The van der Waals surface area contributed by atoms with Gasteiger partial charge in [0.25, 0.3) is 0 Å². The van der Waals surface area contributed by atoms with Gasteiger partial charge in [0, 0.05) is 18.2 Å². The van der Waals surface area contributed by atoms with Gasteiger partial charge in [-0.1, -0.05) is 12.8 Å². The standard InChI is InChI=1S/C16H19F2NO/c17-13-8-11(10-20)9-14(18)16(13)19-7-3-5-12-4-1-2-6-15(12)19/h8-10,12,15H,1-7H2. The van der Waals surface area contributed by atoms with Gasteiger partial charge in [-0.25, -0.2) is 8.78 Å². The van der Waals surface area contributed by atoms with E-state index in [1.807, 2.05) is 4.90 Å². The average molecular weight is 279 g/mol. The van der Waals surface area contributed by atoms with Crippen LogP contribution < -0.4 is 4.90 Å². The SMILES string of the molecule is O=Cc1cc(F)c(N2CCCC3CCCCC32)c(F)c1. The third-order valence-electron chi connectivity index (χ3n) is 4.71. The summed E-state index contributed by atoms with van der Waals surface area (Å²) in [6.07, 6.45) is 7.16. The lowest BCUT2D eigenvalue weighted by atomic mass is 9.78. The van der Waals surface area contributed by atoms with Crippen LogP contribution in [0.5, 0.6) is 0 Å². The molecule has 1 aliphatic heterocycles. The number of carbonyl (C=O) groups excluding carboxylic acids is 1. The zero-order chi connectivity index (χ0) is 14.1. The second-order valence-corrected chi connectivity index (χ2v) is 5.90. The van der Waals surface area contributed by atoms with Crippen molar-refractivity contribution in [1.29, 1.82) is 0 Å². The molecule has 0 amide bonds. The monoisotopic (exact) mass is 279 g/mol. The van der Waals surface area contributed by atoms with Crippen molar-refractivity contribution in [3.8, 4) is 0 Å². The van der Waals surface area contributed by atoms with E-state index in [2.05, 4.69) is 0 Å². The maximum Gasteiger partial charge on any atom is 0.150 e. The number of nitrogens with zero attached hydrogens (tertiary/aromatic N) is 1. The molecule has 0 spiro atoms. The summed E-state index contributed by atoms with van der Waals surface area (Å²) in [6.45, 7) is 0.704. The Morgan fingerprint density at radius 2 is 1.70 bits per heavy atom. The van der Waals surface area contributed by atoms with Crippen LogP contribution in [0.25, 0.3) is 0 Å². The van der Waals surface area contributed by atoms with Crippen LogP contribution in [0.15, 0.2) is 12.1 Å². The number of aldehydes is 1. The van der Waals surface area contributed by atoms with Gasteiger partial charge in [-0.05, 0) is 43.7 Å². The highest BCUT2D eigenvalue weighted by Gasteiger charge is 2.35. The van der Waals surface area contributed by atoms with E-state index < -0.39 is 11.6 Å². The zero-order valence-electron chi connectivity index (χ0n) is 11.4. The van der Waals surface area contributed by atoms with Crippen molar-refractivity contribution in [1.82, 2.24) is 0 Å². The lowest BCUT2D eigenvalue weighted by Gasteiger charge is -2.45. The van der Waals surface area contributed by atoms with E-state index in [-0.39, 0.29) is 17.3 Å². The first-order valence-electron chi connectivity index (χ1n) is 7.41. The van der Waals surface area contributed by atoms with Crippen molar-refractivity contribution in [2.45, 2.75) is 44.6 Å². The Kier molecular flexibility index (Phi) is 3.72. The molecule has 2 atom stereocenters. The summed E-state index contributed by atoms with van der Waals surface area (Å²) < 4.78 is 28.4. The molecule has 3 rings (SSSR count). The minimum Gasteiger partial charge on any atom is -0.364 e. The molecule has 0 radical (unpaired) electrons. The van der Waals surface area contributed by atoms with E-state index in [0.717, 1.165) is 44.2 Å². The number of anilines is 1. The first kappa shape index (κ1) is 13.5. The van der Waals surface area contributed by atoms with Gasteiger partial charge >= 0.3 is 0 Å². The highest BCUT2D eigenvalue weighted by Crippen LogP contribution is 2.39. The lowest BCUT2D eigenvalue weighted by Crippen LogP contribution is -2.47. The van der Waals surface area contributed by atoms with Gasteiger partial charge < -0.3 is 4.90 Å². The average Bonchev–Trinajstić information content (AvgIpc) is 2.46. The maximum atomic E-state index is 14.2. The van der Waals surface area contributed by atoms with E-state index in [0.29, 0.717) is 18.7 Å². The number of benzene rings is 1. The molecular weight excluding hydrogens is 260 g/mol. The van der Waals surface area contributed by atoms with Crippen molar-refractivity contribution in [2.24, 2.45) is 5.92 Å². The van der Waals surface area contributed by atoms with Crippen LogP contribution in [0.3, 0.4) is 0 Å². The quantitative estimate of drug-likeness (QED) is 0.764. The van der Waals surface area contributed by atoms with Crippen molar-refractivity contribution in [3.05, 3.63) is 29.3 Å². The van der Waals surface area contributed by atoms with Gasteiger partial charge in [-0.15, -0.1) is 0 Å². The molecule has 2 nitrogen and oxygen atoms in total. The van der Waals surface area contributed by atoms with E-state index in [9.17, 15) is 13.6 Å². The Morgan fingerprint density at radius 1 is 1.05 bits per heavy atom. The fraction of sp³-hybridized carbons (Fsp3) is 0.562. The number of hydrogen-bond donors (Lipinski definition) is 0. The normalized spacial score (nSPS) is 26.2. The minimum absolute atomic E-state index is 0.0564. The lowest BCUT2D eigenvalue weighted by molar-refractivity contribution is 0.112. The Morgan fingerprint density at radius 3 is 2.40 bits per heavy atom. The molecule has 20 heavy (non-hydrogen) atoms. The molecule has 0 aromatic heterocycles.